The maximum Gasteiger partial charge on any atom is 0.329 e. The van der Waals surface area contributed by atoms with Crippen LogP contribution in [0.3, 0.4) is 0 Å². The number of aromatic nitrogens is 4. The Hall–Kier alpha value is -2.03. The van der Waals surface area contributed by atoms with E-state index in [1.54, 1.807) is 4.57 Å². The van der Waals surface area contributed by atoms with Gasteiger partial charge in [-0.2, -0.15) is 0 Å². The largest absolute Gasteiger partial charge is 0.481 e. The van der Waals surface area contributed by atoms with E-state index in [1.807, 2.05) is 6.92 Å². The van der Waals surface area contributed by atoms with Crippen LogP contribution < -0.4 is 11.2 Å². The maximum absolute atomic E-state index is 12.0. The van der Waals surface area contributed by atoms with Gasteiger partial charge in [0.1, 0.15) is 0 Å². The highest BCUT2D eigenvalue weighted by Crippen LogP contribution is 2.21. The second-order valence-corrected chi connectivity index (χ2v) is 5.51. The van der Waals surface area contributed by atoms with Crippen LogP contribution in [0.5, 0.6) is 0 Å². The van der Waals surface area contributed by atoms with Crippen LogP contribution >= 0.6 is 11.8 Å². The van der Waals surface area contributed by atoms with E-state index in [9.17, 15) is 14.4 Å². The Labute approximate surface area is 123 Å². The predicted octanol–water partition coefficient (Wildman–Crippen LogP) is 0.400. The van der Waals surface area contributed by atoms with Gasteiger partial charge >= 0.3 is 11.7 Å². The van der Waals surface area contributed by atoms with Gasteiger partial charge in [-0.25, -0.2) is 9.78 Å². The SMILES string of the molecule is CCCCn1c(SCC(=O)O)nc2c1c(=O)[nH]c(=O)n2C. The number of rotatable bonds is 6. The van der Waals surface area contributed by atoms with E-state index in [-0.39, 0.29) is 11.4 Å². The second-order valence-electron chi connectivity index (χ2n) is 4.57. The zero-order chi connectivity index (χ0) is 15.6. The fraction of sp³-hybridized carbons (Fsp3) is 0.500. The number of fused-ring (bicyclic) bond motifs is 1. The van der Waals surface area contributed by atoms with E-state index in [4.69, 9.17) is 5.11 Å². The van der Waals surface area contributed by atoms with E-state index >= 15 is 0 Å². The number of carboxylic acids is 1. The van der Waals surface area contributed by atoms with Crippen LogP contribution in [-0.4, -0.2) is 35.9 Å². The number of H-pyrrole nitrogens is 1. The number of carboxylic acid groups (broad SMARTS) is 1. The second kappa shape index (κ2) is 6.17. The number of imidazole rings is 1. The summed E-state index contributed by atoms with van der Waals surface area (Å²) < 4.78 is 2.94. The molecule has 21 heavy (non-hydrogen) atoms. The standard InChI is InChI=1S/C12H16N4O4S/c1-3-4-5-16-8-9(13-12(16)21-6-7(17)18)15(2)11(20)14-10(8)19/h3-6H2,1-2H3,(H,17,18)(H,14,19,20). The molecule has 8 nitrogen and oxygen atoms in total. The number of thioether (sulfide) groups is 1. The highest BCUT2D eigenvalue weighted by Gasteiger charge is 2.17. The summed E-state index contributed by atoms with van der Waals surface area (Å²) in [6.45, 7) is 2.57. The van der Waals surface area contributed by atoms with Crippen LogP contribution in [0.15, 0.2) is 14.7 Å². The number of nitrogens with zero attached hydrogens (tertiary/aromatic N) is 3. The summed E-state index contributed by atoms with van der Waals surface area (Å²) in [6.07, 6.45) is 1.75. The predicted molar refractivity (Wildman–Crippen MR) is 78.9 cm³/mol. The Morgan fingerprint density at radius 3 is 2.76 bits per heavy atom. The van der Waals surface area contributed by atoms with Gasteiger partial charge in [0.05, 0.1) is 5.75 Å². The molecule has 0 fully saturated rings. The number of aryl methyl sites for hydroxylation is 2. The van der Waals surface area contributed by atoms with Crippen molar-refractivity contribution in [1.29, 1.82) is 0 Å². The first kappa shape index (κ1) is 15.4. The van der Waals surface area contributed by atoms with Gasteiger partial charge in [-0.05, 0) is 6.42 Å². The zero-order valence-electron chi connectivity index (χ0n) is 11.8. The quantitative estimate of drug-likeness (QED) is 0.747. The van der Waals surface area contributed by atoms with Gasteiger partial charge in [0.2, 0.25) is 0 Å². The lowest BCUT2D eigenvalue weighted by atomic mass is 10.3. The smallest absolute Gasteiger partial charge is 0.329 e. The fourth-order valence-electron chi connectivity index (χ4n) is 1.97. The number of nitrogens with one attached hydrogen (secondary N) is 1. The van der Waals surface area contributed by atoms with Gasteiger partial charge in [0.25, 0.3) is 5.56 Å². The van der Waals surface area contributed by atoms with Crippen molar-refractivity contribution in [3.63, 3.8) is 0 Å². The molecule has 0 aliphatic rings. The minimum Gasteiger partial charge on any atom is -0.481 e. The molecule has 0 aliphatic heterocycles. The molecule has 0 saturated carbocycles. The van der Waals surface area contributed by atoms with Crippen LogP contribution in [0.1, 0.15) is 19.8 Å². The van der Waals surface area contributed by atoms with Gasteiger partial charge in [0, 0.05) is 13.6 Å². The molecule has 0 aliphatic carbocycles. The fourth-order valence-corrected chi connectivity index (χ4v) is 2.72. The summed E-state index contributed by atoms with van der Waals surface area (Å²) in [5, 5.41) is 9.23. The molecule has 0 bridgehead atoms. The van der Waals surface area contributed by atoms with Crippen molar-refractivity contribution in [3.8, 4) is 0 Å². The number of aliphatic carboxylic acids is 1. The lowest BCUT2D eigenvalue weighted by Gasteiger charge is -2.06. The number of carbonyl (C=O) groups is 1. The van der Waals surface area contributed by atoms with Crippen LogP contribution in [0.2, 0.25) is 0 Å². The third-order valence-corrected chi connectivity index (χ3v) is 3.99. The Morgan fingerprint density at radius 1 is 1.43 bits per heavy atom. The summed E-state index contributed by atoms with van der Waals surface area (Å²) in [7, 11) is 1.52. The summed E-state index contributed by atoms with van der Waals surface area (Å²) in [4.78, 5) is 40.9. The summed E-state index contributed by atoms with van der Waals surface area (Å²) in [5.74, 6) is -1.11. The number of hydrogen-bond acceptors (Lipinski definition) is 5. The summed E-state index contributed by atoms with van der Waals surface area (Å²) in [6, 6.07) is 0. The van der Waals surface area contributed by atoms with Crippen LogP contribution in [0, 0.1) is 0 Å². The molecule has 0 saturated heterocycles. The van der Waals surface area contributed by atoms with Gasteiger partial charge < -0.3 is 9.67 Å². The van der Waals surface area contributed by atoms with E-state index in [2.05, 4.69) is 9.97 Å². The molecular formula is C12H16N4O4S. The van der Waals surface area contributed by atoms with Gasteiger partial charge in [0.15, 0.2) is 16.3 Å². The van der Waals surface area contributed by atoms with Gasteiger partial charge in [-0.3, -0.25) is 19.1 Å². The molecule has 114 valence electrons. The first-order chi connectivity index (χ1) is 9.95. The van der Waals surface area contributed by atoms with Crippen molar-refractivity contribution in [2.24, 2.45) is 7.05 Å². The van der Waals surface area contributed by atoms with E-state index < -0.39 is 17.2 Å². The molecule has 2 heterocycles. The van der Waals surface area contributed by atoms with Crippen LogP contribution in [0.4, 0.5) is 0 Å². The van der Waals surface area contributed by atoms with Crippen LogP contribution in [0.25, 0.3) is 11.2 Å². The first-order valence-corrected chi connectivity index (χ1v) is 7.48. The highest BCUT2D eigenvalue weighted by atomic mass is 32.2. The van der Waals surface area contributed by atoms with Gasteiger partial charge in [-0.1, -0.05) is 25.1 Å². The summed E-state index contributed by atoms with van der Waals surface area (Å²) >= 11 is 1.04. The zero-order valence-corrected chi connectivity index (χ0v) is 12.6. The van der Waals surface area contributed by atoms with Crippen molar-refractivity contribution in [2.45, 2.75) is 31.5 Å². The minimum atomic E-state index is -0.961. The molecule has 2 N–H and O–H groups in total. The van der Waals surface area contributed by atoms with Gasteiger partial charge in [-0.15, -0.1) is 0 Å². The topological polar surface area (TPSA) is 110 Å². The Kier molecular flexibility index (Phi) is 4.51. The number of aromatic amines is 1. The molecule has 2 aromatic rings. The average Bonchev–Trinajstić information content (AvgIpc) is 2.79. The third kappa shape index (κ3) is 3.02. The van der Waals surface area contributed by atoms with Crippen LogP contribution in [-0.2, 0) is 18.4 Å². The molecule has 0 aromatic carbocycles. The normalized spacial score (nSPS) is 11.1. The molecule has 0 atom stereocenters. The molecule has 9 heteroatoms. The number of unbranched alkanes of at least 4 members (excludes halogenated alkanes) is 1. The molecule has 0 unspecified atom stereocenters. The summed E-state index contributed by atoms with van der Waals surface area (Å²) in [5.41, 5.74) is -0.465. The lowest BCUT2D eigenvalue weighted by Crippen LogP contribution is -2.29. The van der Waals surface area contributed by atoms with E-state index in [0.717, 1.165) is 24.6 Å². The highest BCUT2D eigenvalue weighted by molar-refractivity contribution is 7.99. The molecule has 2 aromatic heterocycles. The Bertz CT molecular complexity index is 789. The molecular weight excluding hydrogens is 296 g/mol. The monoisotopic (exact) mass is 312 g/mol. The Morgan fingerprint density at radius 2 is 2.14 bits per heavy atom. The minimum absolute atomic E-state index is 0.151. The van der Waals surface area contributed by atoms with E-state index in [1.165, 1.54) is 11.6 Å². The van der Waals surface area contributed by atoms with Crippen molar-refractivity contribution in [3.05, 3.63) is 20.8 Å². The van der Waals surface area contributed by atoms with E-state index in [0.29, 0.717) is 17.2 Å². The average molecular weight is 312 g/mol. The van der Waals surface area contributed by atoms with Crippen molar-refractivity contribution < 1.29 is 9.90 Å². The Balaban J connectivity index is 2.63. The van der Waals surface area contributed by atoms with Crippen molar-refractivity contribution in [2.75, 3.05) is 5.75 Å². The third-order valence-electron chi connectivity index (χ3n) is 3.03. The first-order valence-electron chi connectivity index (χ1n) is 6.49. The lowest BCUT2D eigenvalue weighted by molar-refractivity contribution is -0.133. The molecule has 2 rings (SSSR count). The number of hydrogen-bond donors (Lipinski definition) is 2. The molecule has 0 amide bonds. The molecule has 0 radical (unpaired) electrons. The molecule has 0 spiro atoms. The maximum atomic E-state index is 12.0. The van der Waals surface area contributed by atoms with Crippen molar-refractivity contribution >= 4 is 28.9 Å². The van der Waals surface area contributed by atoms with Crippen molar-refractivity contribution in [1.82, 2.24) is 19.1 Å².